The predicted molar refractivity (Wildman–Crippen MR) is 160 cm³/mol. The Morgan fingerprint density at radius 3 is 2.39 bits per heavy atom. The van der Waals surface area contributed by atoms with Crippen molar-refractivity contribution < 1.29 is 43.5 Å². The third kappa shape index (κ3) is 5.22. The van der Waals surface area contributed by atoms with Gasteiger partial charge in [-0.1, -0.05) is 24.3 Å². The third-order valence-electron chi connectivity index (χ3n) is 7.59. The number of ether oxygens (including phenoxy) is 4. The van der Waals surface area contributed by atoms with Crippen molar-refractivity contribution >= 4 is 16.9 Å². The molecule has 10 nitrogen and oxygen atoms in total. The molecule has 1 aromatic heterocycles. The Labute approximate surface area is 251 Å². The number of carbonyl (C=O) groups is 1. The first-order valence-corrected chi connectivity index (χ1v) is 13.8. The molecule has 2 heterocycles. The lowest BCUT2D eigenvalue weighted by Gasteiger charge is -2.28. The van der Waals surface area contributed by atoms with E-state index in [0.29, 0.717) is 41.2 Å². The molecular formula is C34H28O10. The Kier molecular flexibility index (Phi) is 7.48. The van der Waals surface area contributed by atoms with Gasteiger partial charge in [0.2, 0.25) is 0 Å². The molecule has 0 radical (unpaired) electrons. The first kappa shape index (κ1) is 28.5. The third-order valence-corrected chi connectivity index (χ3v) is 7.59. The number of fused-ring (bicyclic) bond motifs is 3. The fraction of sp³-hybridized carbons (Fsp3) is 0.176. The number of para-hydroxylation sites is 1. The second-order valence-electron chi connectivity index (χ2n) is 10.2. The lowest BCUT2D eigenvalue weighted by Crippen LogP contribution is -2.22. The molecule has 0 saturated carbocycles. The van der Waals surface area contributed by atoms with Crippen molar-refractivity contribution in [2.45, 2.75) is 18.8 Å². The maximum atomic E-state index is 13.3. The molecule has 4 aromatic carbocycles. The van der Waals surface area contributed by atoms with Crippen molar-refractivity contribution in [1.29, 1.82) is 0 Å². The summed E-state index contributed by atoms with van der Waals surface area (Å²) in [5.41, 5.74) is 1.77. The molecule has 44 heavy (non-hydrogen) atoms. The molecule has 1 aliphatic heterocycles. The van der Waals surface area contributed by atoms with Crippen molar-refractivity contribution in [2.75, 3.05) is 20.8 Å². The van der Waals surface area contributed by atoms with Crippen LogP contribution < -0.4 is 24.4 Å². The fourth-order valence-electron chi connectivity index (χ4n) is 5.43. The van der Waals surface area contributed by atoms with Crippen LogP contribution in [-0.4, -0.2) is 42.1 Å². The van der Waals surface area contributed by atoms with Gasteiger partial charge in [0.1, 0.15) is 34.0 Å². The number of carbonyl (C=O) groups excluding carboxylic acids is 1. The monoisotopic (exact) mass is 596 g/mol. The summed E-state index contributed by atoms with van der Waals surface area (Å²) in [6, 6.07) is 19.4. The zero-order chi connectivity index (χ0) is 31.0. The molecule has 0 amide bonds. The molecule has 5 aromatic rings. The van der Waals surface area contributed by atoms with E-state index in [1.54, 1.807) is 25.3 Å². The van der Waals surface area contributed by atoms with E-state index < -0.39 is 28.8 Å². The number of methoxy groups -OCH3 is 2. The van der Waals surface area contributed by atoms with E-state index >= 15 is 0 Å². The Morgan fingerprint density at radius 2 is 1.66 bits per heavy atom. The van der Waals surface area contributed by atoms with Crippen LogP contribution in [0.25, 0.3) is 22.3 Å². The van der Waals surface area contributed by atoms with E-state index in [1.165, 1.54) is 37.4 Å². The maximum absolute atomic E-state index is 13.3. The summed E-state index contributed by atoms with van der Waals surface area (Å²) in [4.78, 5) is 26.2. The van der Waals surface area contributed by atoms with Crippen LogP contribution in [0.15, 0.2) is 82.0 Å². The van der Waals surface area contributed by atoms with Crippen LogP contribution in [0.2, 0.25) is 0 Å². The summed E-state index contributed by atoms with van der Waals surface area (Å²) in [6.45, 7) is 0.295. The quantitative estimate of drug-likeness (QED) is 0.117. The molecule has 6 rings (SSSR count). The molecule has 224 valence electrons. The lowest BCUT2D eigenvalue weighted by atomic mass is 9.84. The number of hydrogen-bond donors (Lipinski definition) is 3. The highest BCUT2D eigenvalue weighted by molar-refractivity contribution is 5.93. The Bertz CT molecular complexity index is 1940. The summed E-state index contributed by atoms with van der Waals surface area (Å²) >= 11 is 0. The Morgan fingerprint density at radius 1 is 0.864 bits per heavy atom. The summed E-state index contributed by atoms with van der Waals surface area (Å²) in [6.07, 6.45) is 0.474. The first-order valence-electron chi connectivity index (χ1n) is 13.8. The normalized spacial score (nSPS) is 14.1. The van der Waals surface area contributed by atoms with Crippen LogP contribution in [0, 0.1) is 0 Å². The largest absolute Gasteiger partial charge is 0.507 e. The van der Waals surface area contributed by atoms with Crippen LogP contribution in [0.5, 0.6) is 40.2 Å². The van der Waals surface area contributed by atoms with E-state index in [0.717, 1.165) is 11.3 Å². The average Bonchev–Trinajstić information content (AvgIpc) is 3.01. The van der Waals surface area contributed by atoms with Gasteiger partial charge in [-0.3, -0.25) is 9.59 Å². The summed E-state index contributed by atoms with van der Waals surface area (Å²) in [5, 5.41) is 30.5. The van der Waals surface area contributed by atoms with Gasteiger partial charge < -0.3 is 38.7 Å². The molecule has 0 aliphatic carbocycles. The number of esters is 1. The molecule has 1 aliphatic rings. The predicted octanol–water partition coefficient (Wildman–Crippen LogP) is 5.66. The topological polar surface area (TPSA) is 145 Å². The SMILES string of the molecule is COc1ccc(CCOc2c(OC)cccc2[C@@H]2CC(=O)Oc3cc(O)c4c(=O)cc(-c5ccc(O)c(O)c5)oc4c32)cc1. The zero-order valence-electron chi connectivity index (χ0n) is 23.8. The molecule has 0 saturated heterocycles. The summed E-state index contributed by atoms with van der Waals surface area (Å²) < 4.78 is 28.9. The van der Waals surface area contributed by atoms with Crippen LogP contribution >= 0.6 is 0 Å². The van der Waals surface area contributed by atoms with E-state index in [1.807, 2.05) is 24.3 Å². The van der Waals surface area contributed by atoms with Gasteiger partial charge in [0, 0.05) is 41.2 Å². The van der Waals surface area contributed by atoms with E-state index in [2.05, 4.69) is 0 Å². The van der Waals surface area contributed by atoms with Crippen molar-refractivity contribution in [2.24, 2.45) is 0 Å². The van der Waals surface area contributed by atoms with E-state index in [-0.39, 0.29) is 34.6 Å². The van der Waals surface area contributed by atoms with Gasteiger partial charge >= 0.3 is 5.97 Å². The van der Waals surface area contributed by atoms with Gasteiger partial charge in [-0.25, -0.2) is 0 Å². The second-order valence-corrected chi connectivity index (χ2v) is 10.2. The van der Waals surface area contributed by atoms with Crippen LogP contribution in [0.3, 0.4) is 0 Å². The number of phenols is 3. The Hall–Kier alpha value is -5.64. The second kappa shape index (κ2) is 11.6. The minimum atomic E-state index is -0.702. The highest BCUT2D eigenvalue weighted by Crippen LogP contribution is 2.49. The smallest absolute Gasteiger partial charge is 0.312 e. The zero-order valence-corrected chi connectivity index (χ0v) is 23.8. The van der Waals surface area contributed by atoms with Crippen LogP contribution in [-0.2, 0) is 11.2 Å². The average molecular weight is 597 g/mol. The molecule has 0 fully saturated rings. The van der Waals surface area contributed by atoms with Gasteiger partial charge in [-0.15, -0.1) is 0 Å². The van der Waals surface area contributed by atoms with Crippen molar-refractivity contribution in [3.05, 3.63) is 99.7 Å². The molecule has 0 spiro atoms. The molecule has 0 unspecified atom stereocenters. The molecule has 0 bridgehead atoms. The van der Waals surface area contributed by atoms with E-state index in [4.69, 9.17) is 23.4 Å². The number of phenolic OH excluding ortho intramolecular Hbond substituents is 3. The summed E-state index contributed by atoms with van der Waals surface area (Å²) in [5.74, 6) is -0.677. The highest BCUT2D eigenvalue weighted by Gasteiger charge is 2.36. The van der Waals surface area contributed by atoms with E-state index in [9.17, 15) is 24.9 Å². The number of aromatic hydroxyl groups is 3. The van der Waals surface area contributed by atoms with Crippen molar-refractivity contribution in [1.82, 2.24) is 0 Å². The molecule has 1 atom stereocenters. The molecule has 3 N–H and O–H groups in total. The van der Waals surface area contributed by atoms with Gasteiger partial charge in [0.15, 0.2) is 28.4 Å². The van der Waals surface area contributed by atoms with Gasteiger partial charge in [-0.2, -0.15) is 0 Å². The minimum absolute atomic E-state index is 0.0135. The number of rotatable bonds is 8. The lowest BCUT2D eigenvalue weighted by molar-refractivity contribution is -0.135. The van der Waals surface area contributed by atoms with Crippen molar-refractivity contribution in [3.63, 3.8) is 0 Å². The summed E-state index contributed by atoms with van der Waals surface area (Å²) in [7, 11) is 3.12. The number of hydrogen-bond acceptors (Lipinski definition) is 10. The van der Waals surface area contributed by atoms with Gasteiger partial charge in [0.05, 0.1) is 27.2 Å². The Balaban J connectivity index is 1.47. The highest BCUT2D eigenvalue weighted by atomic mass is 16.5. The standard InChI is InChI=1S/C34H28O10/c1-40-20-9-6-18(7-10-20)12-13-42-33-21(4-3-5-27(33)41-2)22-15-30(39)43-29-17-26(38)32-25(37)16-28(44-34(32)31(22)29)19-8-11-23(35)24(36)14-19/h3-11,14,16-17,22,35-36,38H,12-13,15H2,1-2H3/t22-/m0/s1. The molecule has 10 heteroatoms. The minimum Gasteiger partial charge on any atom is -0.507 e. The van der Waals surface area contributed by atoms with Crippen molar-refractivity contribution in [3.8, 4) is 51.6 Å². The maximum Gasteiger partial charge on any atom is 0.312 e. The van der Waals surface area contributed by atoms with Gasteiger partial charge in [-0.05, 0) is 42.0 Å². The van der Waals surface area contributed by atoms with Crippen LogP contribution in [0.4, 0.5) is 0 Å². The fourth-order valence-corrected chi connectivity index (χ4v) is 5.43. The molecular weight excluding hydrogens is 568 g/mol. The van der Waals surface area contributed by atoms with Crippen LogP contribution in [0.1, 0.15) is 29.0 Å². The number of benzene rings is 4. The van der Waals surface area contributed by atoms with Gasteiger partial charge in [0.25, 0.3) is 0 Å². The first-order chi connectivity index (χ1) is 21.3.